The highest BCUT2D eigenvalue weighted by Gasteiger charge is 2.30. The Morgan fingerprint density at radius 1 is 1.00 bits per heavy atom. The smallest absolute Gasteiger partial charge is 0.288 e. The molecule has 152 valence electrons. The van der Waals surface area contributed by atoms with Gasteiger partial charge in [0.05, 0.1) is 22.3 Å². The molecule has 1 saturated heterocycles. The van der Waals surface area contributed by atoms with E-state index in [1.165, 1.54) is 21.1 Å². The van der Waals surface area contributed by atoms with Crippen molar-refractivity contribution in [3.8, 4) is 0 Å². The van der Waals surface area contributed by atoms with Gasteiger partial charge in [0, 0.05) is 31.2 Å². The molecule has 0 radical (unpaired) electrons. The Balaban J connectivity index is 1.78. The minimum absolute atomic E-state index is 0.0962. The van der Waals surface area contributed by atoms with Gasteiger partial charge in [0.2, 0.25) is 10.0 Å². The van der Waals surface area contributed by atoms with E-state index >= 15 is 0 Å². The molecule has 0 atom stereocenters. The summed E-state index contributed by atoms with van der Waals surface area (Å²) in [6, 6.07) is 6.11. The van der Waals surface area contributed by atoms with Crippen molar-refractivity contribution in [1.29, 1.82) is 0 Å². The summed E-state index contributed by atoms with van der Waals surface area (Å²) in [6.07, 6.45) is 1.57. The molecule has 2 aromatic rings. The number of halogens is 2. The van der Waals surface area contributed by atoms with Crippen LogP contribution in [0.5, 0.6) is 0 Å². The van der Waals surface area contributed by atoms with Crippen LogP contribution in [0.2, 0.25) is 10.0 Å². The lowest BCUT2D eigenvalue weighted by atomic mass is 10.1. The van der Waals surface area contributed by atoms with Crippen LogP contribution in [0.3, 0.4) is 0 Å². The zero-order valence-electron chi connectivity index (χ0n) is 15.9. The molecule has 0 unspecified atom stereocenters. The summed E-state index contributed by atoms with van der Waals surface area (Å²) in [7, 11) is -3.60. The lowest BCUT2D eigenvalue weighted by molar-refractivity contribution is 0.337. The predicted octanol–water partition coefficient (Wildman–Crippen LogP) is 2.82. The van der Waals surface area contributed by atoms with Gasteiger partial charge >= 0.3 is 0 Å². The molecule has 0 aliphatic carbocycles. The van der Waals surface area contributed by atoms with Gasteiger partial charge in [-0.25, -0.2) is 13.1 Å². The normalized spacial score (nSPS) is 16.4. The number of piperazine rings is 1. The van der Waals surface area contributed by atoms with Crippen molar-refractivity contribution in [3.05, 3.63) is 50.9 Å². The second-order valence-electron chi connectivity index (χ2n) is 7.58. The maximum atomic E-state index is 12.8. The van der Waals surface area contributed by atoms with Gasteiger partial charge in [-0.05, 0) is 45.0 Å². The van der Waals surface area contributed by atoms with Gasteiger partial charge in [-0.15, -0.1) is 0 Å². The highest BCUT2D eigenvalue weighted by molar-refractivity contribution is 7.89. The van der Waals surface area contributed by atoms with Gasteiger partial charge in [-0.2, -0.15) is 9.40 Å². The van der Waals surface area contributed by atoms with Gasteiger partial charge < -0.3 is 4.90 Å². The van der Waals surface area contributed by atoms with Crippen LogP contribution in [0, 0.1) is 0 Å². The summed E-state index contributed by atoms with van der Waals surface area (Å²) in [5.74, 6) is 0. The number of hydrogen-bond donors (Lipinski definition) is 0. The Kier molecular flexibility index (Phi) is 5.78. The molecular weight excluding hydrogens is 423 g/mol. The molecule has 7 nitrogen and oxygen atoms in total. The highest BCUT2D eigenvalue weighted by Crippen LogP contribution is 2.26. The largest absolute Gasteiger partial charge is 0.366 e. The van der Waals surface area contributed by atoms with Crippen molar-refractivity contribution in [2.75, 3.05) is 31.1 Å². The molecule has 28 heavy (non-hydrogen) atoms. The van der Waals surface area contributed by atoms with Crippen LogP contribution in [-0.4, -0.2) is 48.7 Å². The minimum Gasteiger partial charge on any atom is -0.366 e. The van der Waals surface area contributed by atoms with E-state index in [2.05, 4.69) is 5.10 Å². The molecule has 0 N–H and O–H groups in total. The highest BCUT2D eigenvalue weighted by atomic mass is 35.5. The average Bonchev–Trinajstić information content (AvgIpc) is 2.63. The molecule has 2 heterocycles. The van der Waals surface area contributed by atoms with E-state index in [1.807, 2.05) is 25.7 Å². The van der Waals surface area contributed by atoms with Crippen LogP contribution in [0.1, 0.15) is 20.8 Å². The third-order valence-electron chi connectivity index (χ3n) is 4.57. The molecule has 1 aliphatic heterocycles. The van der Waals surface area contributed by atoms with E-state index in [1.54, 1.807) is 18.3 Å². The first-order valence-electron chi connectivity index (χ1n) is 8.81. The number of sulfonamides is 1. The van der Waals surface area contributed by atoms with Crippen LogP contribution in [0.25, 0.3) is 0 Å². The number of aromatic nitrogens is 2. The Labute approximate surface area is 174 Å². The zero-order valence-corrected chi connectivity index (χ0v) is 18.2. The van der Waals surface area contributed by atoms with Crippen LogP contribution in [0.4, 0.5) is 5.69 Å². The van der Waals surface area contributed by atoms with Crippen molar-refractivity contribution >= 4 is 38.9 Å². The van der Waals surface area contributed by atoms with Crippen LogP contribution in [-0.2, 0) is 15.6 Å². The van der Waals surface area contributed by atoms with E-state index in [0.29, 0.717) is 23.8 Å². The number of anilines is 1. The second kappa shape index (κ2) is 7.67. The van der Waals surface area contributed by atoms with Gasteiger partial charge in [0.1, 0.15) is 5.02 Å². The summed E-state index contributed by atoms with van der Waals surface area (Å²) in [6.45, 7) is 7.00. The van der Waals surface area contributed by atoms with Gasteiger partial charge in [0.15, 0.2) is 0 Å². The van der Waals surface area contributed by atoms with Crippen molar-refractivity contribution in [1.82, 2.24) is 14.1 Å². The fourth-order valence-electron chi connectivity index (χ4n) is 3.05. The fourth-order valence-corrected chi connectivity index (χ4v) is 4.84. The quantitative estimate of drug-likeness (QED) is 0.727. The van der Waals surface area contributed by atoms with E-state index in [9.17, 15) is 13.2 Å². The summed E-state index contributed by atoms with van der Waals surface area (Å²) < 4.78 is 28.3. The maximum Gasteiger partial charge on any atom is 0.288 e. The number of nitrogens with zero attached hydrogens (tertiary/aromatic N) is 4. The average molecular weight is 445 g/mol. The first-order valence-corrected chi connectivity index (χ1v) is 11.0. The van der Waals surface area contributed by atoms with Crippen molar-refractivity contribution in [2.45, 2.75) is 31.2 Å². The molecule has 1 fully saturated rings. The number of hydrogen-bond acceptors (Lipinski definition) is 5. The molecule has 1 aromatic carbocycles. The van der Waals surface area contributed by atoms with E-state index < -0.39 is 15.6 Å². The third kappa shape index (κ3) is 4.05. The molecule has 0 bridgehead atoms. The fraction of sp³-hybridized carbons (Fsp3) is 0.444. The first kappa shape index (κ1) is 21.1. The number of benzene rings is 1. The van der Waals surface area contributed by atoms with E-state index in [4.69, 9.17) is 23.2 Å². The van der Waals surface area contributed by atoms with Crippen LogP contribution >= 0.6 is 23.2 Å². The zero-order chi connectivity index (χ0) is 20.7. The molecule has 0 spiro atoms. The molecule has 1 aromatic heterocycles. The topological polar surface area (TPSA) is 75.5 Å². The molecule has 0 saturated carbocycles. The lowest BCUT2D eigenvalue weighted by Crippen LogP contribution is -2.49. The van der Waals surface area contributed by atoms with E-state index in [0.717, 1.165) is 0 Å². The van der Waals surface area contributed by atoms with Crippen molar-refractivity contribution < 1.29 is 8.42 Å². The second-order valence-corrected chi connectivity index (χ2v) is 10.3. The number of rotatable bonds is 3. The first-order chi connectivity index (χ1) is 13.0. The monoisotopic (exact) mass is 444 g/mol. The Morgan fingerprint density at radius 3 is 2.11 bits per heavy atom. The molecule has 3 rings (SSSR count). The predicted molar refractivity (Wildman–Crippen MR) is 111 cm³/mol. The Morgan fingerprint density at radius 2 is 1.57 bits per heavy atom. The lowest BCUT2D eigenvalue weighted by Gasteiger charge is -2.35. The minimum atomic E-state index is -3.60. The Hall–Kier alpha value is -1.61. The summed E-state index contributed by atoms with van der Waals surface area (Å²) in [5.41, 5.74) is -0.316. The van der Waals surface area contributed by atoms with Crippen LogP contribution in [0.15, 0.2) is 40.2 Å². The summed E-state index contributed by atoms with van der Waals surface area (Å²) in [5, 5.41) is 4.82. The maximum absolute atomic E-state index is 12.8. The van der Waals surface area contributed by atoms with E-state index in [-0.39, 0.29) is 28.6 Å². The molecule has 1 aliphatic rings. The SMILES string of the molecule is CC(C)(C)n1ncc(N2CCN(S(=O)(=O)c3ccc(Cl)cc3)CC2)c(Cl)c1=O. The van der Waals surface area contributed by atoms with Crippen LogP contribution < -0.4 is 10.5 Å². The van der Waals surface area contributed by atoms with Gasteiger partial charge in [-0.1, -0.05) is 23.2 Å². The molecular formula is C18H22Cl2N4O3S. The third-order valence-corrected chi connectivity index (χ3v) is 7.09. The Bertz CT molecular complexity index is 1020. The van der Waals surface area contributed by atoms with Gasteiger partial charge in [-0.3, -0.25) is 4.79 Å². The molecule has 0 amide bonds. The summed E-state index contributed by atoms with van der Waals surface area (Å²) in [4.78, 5) is 14.6. The van der Waals surface area contributed by atoms with Crippen molar-refractivity contribution in [2.24, 2.45) is 0 Å². The summed E-state index contributed by atoms with van der Waals surface area (Å²) >= 11 is 12.2. The molecule has 10 heteroatoms. The van der Waals surface area contributed by atoms with Gasteiger partial charge in [0.25, 0.3) is 5.56 Å². The standard InChI is InChI=1S/C18H22Cl2N4O3S/c1-18(2,3)24-17(25)16(20)15(12-21-24)22-8-10-23(11-9-22)28(26,27)14-6-4-13(19)5-7-14/h4-7,12H,8-11H2,1-3H3. The van der Waals surface area contributed by atoms with Crippen molar-refractivity contribution in [3.63, 3.8) is 0 Å².